The fraction of sp³-hybridized carbons (Fsp3) is 0.458. The number of nitro benzene ring substituents is 1. The molecule has 1 amide bonds. The van der Waals surface area contributed by atoms with Gasteiger partial charge in [0.2, 0.25) is 5.91 Å². The number of likely N-dealkylation sites (tertiary alicyclic amines) is 1. The number of para-hydroxylation sites is 1. The van der Waals surface area contributed by atoms with Crippen molar-refractivity contribution in [3.8, 4) is 0 Å². The van der Waals surface area contributed by atoms with Gasteiger partial charge in [0.1, 0.15) is 0 Å². The van der Waals surface area contributed by atoms with E-state index in [9.17, 15) is 14.9 Å². The van der Waals surface area contributed by atoms with Crippen molar-refractivity contribution in [2.24, 2.45) is 11.8 Å². The largest absolute Gasteiger partial charge is 0.342 e. The summed E-state index contributed by atoms with van der Waals surface area (Å²) in [7, 11) is 0. The normalized spacial score (nSPS) is 19.2. The molecule has 2 unspecified atom stereocenters. The van der Waals surface area contributed by atoms with Crippen LogP contribution < -0.4 is 0 Å². The minimum absolute atomic E-state index is 0.104. The second-order valence-electron chi connectivity index (χ2n) is 8.68. The molecule has 0 aromatic heterocycles. The van der Waals surface area contributed by atoms with Gasteiger partial charge in [-0.2, -0.15) is 0 Å². The number of benzene rings is 2. The minimum atomic E-state index is -0.308. The van der Waals surface area contributed by atoms with Crippen LogP contribution in [0.5, 0.6) is 0 Å². The Kier molecular flexibility index (Phi) is 7.21. The van der Waals surface area contributed by atoms with E-state index in [-0.39, 0.29) is 22.4 Å². The minimum Gasteiger partial charge on any atom is -0.342 e. The van der Waals surface area contributed by atoms with Crippen LogP contribution in [0.15, 0.2) is 54.6 Å². The number of nitro groups is 1. The molecule has 1 fully saturated rings. The molecule has 0 spiro atoms. The van der Waals surface area contributed by atoms with Crippen LogP contribution in [-0.2, 0) is 11.3 Å². The van der Waals surface area contributed by atoms with Crippen molar-refractivity contribution in [1.29, 1.82) is 0 Å². The first-order valence-electron chi connectivity index (χ1n) is 10.6. The van der Waals surface area contributed by atoms with Crippen molar-refractivity contribution >= 4 is 11.6 Å². The van der Waals surface area contributed by atoms with Crippen LogP contribution in [0.2, 0.25) is 0 Å². The van der Waals surface area contributed by atoms with Crippen molar-refractivity contribution in [3.05, 3.63) is 75.8 Å². The van der Waals surface area contributed by atoms with Gasteiger partial charge in [-0.1, -0.05) is 62.4 Å². The summed E-state index contributed by atoms with van der Waals surface area (Å²) < 4.78 is 0. The van der Waals surface area contributed by atoms with Crippen LogP contribution in [0.1, 0.15) is 37.8 Å². The molecular formula is C24H31N3O3. The summed E-state index contributed by atoms with van der Waals surface area (Å²) in [6.07, 6.45) is 0. The summed E-state index contributed by atoms with van der Waals surface area (Å²) in [5.41, 5.74) is 2.17. The Hall–Kier alpha value is -2.73. The number of hydrogen-bond acceptors (Lipinski definition) is 4. The summed E-state index contributed by atoms with van der Waals surface area (Å²) in [6.45, 7) is 9.53. The highest BCUT2D eigenvalue weighted by molar-refractivity contribution is 5.73. The number of amides is 1. The second-order valence-corrected chi connectivity index (χ2v) is 8.68. The van der Waals surface area contributed by atoms with Crippen molar-refractivity contribution in [3.63, 3.8) is 0 Å². The lowest BCUT2D eigenvalue weighted by molar-refractivity contribution is -0.385. The van der Waals surface area contributed by atoms with E-state index in [4.69, 9.17) is 0 Å². The molecule has 30 heavy (non-hydrogen) atoms. The molecule has 2 atom stereocenters. The lowest BCUT2D eigenvalue weighted by Gasteiger charge is -2.29. The molecule has 1 saturated heterocycles. The van der Waals surface area contributed by atoms with Gasteiger partial charge in [0.15, 0.2) is 0 Å². The monoisotopic (exact) mass is 409 g/mol. The maximum atomic E-state index is 12.2. The third-order valence-electron chi connectivity index (χ3n) is 5.81. The van der Waals surface area contributed by atoms with E-state index in [1.54, 1.807) is 19.1 Å². The Labute approximate surface area is 178 Å². The first-order chi connectivity index (χ1) is 14.3. The predicted molar refractivity (Wildman–Crippen MR) is 118 cm³/mol. The molecule has 0 bridgehead atoms. The van der Waals surface area contributed by atoms with Gasteiger partial charge in [-0.3, -0.25) is 19.8 Å². The van der Waals surface area contributed by atoms with Crippen LogP contribution in [0.3, 0.4) is 0 Å². The zero-order valence-electron chi connectivity index (χ0n) is 18.0. The molecule has 1 aliphatic rings. The molecule has 0 radical (unpaired) electrons. The van der Waals surface area contributed by atoms with E-state index >= 15 is 0 Å². The summed E-state index contributed by atoms with van der Waals surface area (Å²) in [5.74, 6) is 1.10. The highest BCUT2D eigenvalue weighted by Crippen LogP contribution is 2.35. The molecular weight excluding hydrogens is 378 g/mol. The van der Waals surface area contributed by atoms with E-state index in [2.05, 4.69) is 30.9 Å². The molecule has 3 rings (SSSR count). The van der Waals surface area contributed by atoms with Gasteiger partial charge >= 0.3 is 0 Å². The maximum Gasteiger partial charge on any atom is 0.273 e. The van der Waals surface area contributed by atoms with Crippen LogP contribution in [0, 0.1) is 22.0 Å². The molecule has 6 nitrogen and oxygen atoms in total. The van der Waals surface area contributed by atoms with Crippen molar-refractivity contribution in [2.75, 3.05) is 26.2 Å². The SMILES string of the molecule is CC(=O)N(CC(C)C)CC1CN(Cc2ccccc2[N+](=O)[O-])CC1c1ccccc1. The van der Waals surface area contributed by atoms with Crippen LogP contribution in [0.25, 0.3) is 0 Å². The molecule has 6 heteroatoms. The van der Waals surface area contributed by atoms with Gasteiger partial charge in [0.25, 0.3) is 5.69 Å². The van der Waals surface area contributed by atoms with E-state index in [1.807, 2.05) is 35.2 Å². The number of hydrogen-bond donors (Lipinski definition) is 0. The Morgan fingerprint density at radius 3 is 2.43 bits per heavy atom. The molecule has 2 aromatic rings. The molecule has 1 heterocycles. The topological polar surface area (TPSA) is 66.7 Å². The zero-order chi connectivity index (χ0) is 21.7. The molecule has 2 aromatic carbocycles. The van der Waals surface area contributed by atoms with Gasteiger partial charge in [0, 0.05) is 57.2 Å². The average Bonchev–Trinajstić information content (AvgIpc) is 3.10. The maximum absolute atomic E-state index is 12.2. The van der Waals surface area contributed by atoms with E-state index in [1.165, 1.54) is 5.56 Å². The number of nitrogens with zero attached hydrogens (tertiary/aromatic N) is 3. The summed E-state index contributed by atoms with van der Waals surface area (Å²) in [5, 5.41) is 11.4. The lowest BCUT2D eigenvalue weighted by atomic mass is 9.88. The van der Waals surface area contributed by atoms with E-state index in [0.29, 0.717) is 24.9 Å². The van der Waals surface area contributed by atoms with Crippen molar-refractivity contribution in [2.45, 2.75) is 33.2 Å². The summed E-state index contributed by atoms with van der Waals surface area (Å²) in [4.78, 5) is 27.6. The van der Waals surface area contributed by atoms with E-state index < -0.39 is 0 Å². The Morgan fingerprint density at radius 1 is 1.13 bits per heavy atom. The Bertz CT molecular complexity index is 869. The Morgan fingerprint density at radius 2 is 1.80 bits per heavy atom. The lowest BCUT2D eigenvalue weighted by Crippen LogP contribution is -2.38. The van der Waals surface area contributed by atoms with Crippen molar-refractivity contribution < 1.29 is 9.72 Å². The number of carbonyl (C=O) groups is 1. The highest BCUT2D eigenvalue weighted by Gasteiger charge is 2.36. The van der Waals surface area contributed by atoms with Gasteiger partial charge in [-0.15, -0.1) is 0 Å². The summed E-state index contributed by atoms with van der Waals surface area (Å²) in [6, 6.07) is 17.4. The molecule has 160 valence electrons. The Balaban J connectivity index is 1.82. The third-order valence-corrected chi connectivity index (χ3v) is 5.81. The van der Waals surface area contributed by atoms with Crippen LogP contribution in [0.4, 0.5) is 5.69 Å². The predicted octanol–water partition coefficient (Wildman–Crippen LogP) is 4.31. The van der Waals surface area contributed by atoms with Gasteiger partial charge in [0.05, 0.1) is 4.92 Å². The number of carbonyl (C=O) groups excluding carboxylic acids is 1. The fourth-order valence-electron chi connectivity index (χ4n) is 4.47. The zero-order valence-corrected chi connectivity index (χ0v) is 18.0. The summed E-state index contributed by atoms with van der Waals surface area (Å²) >= 11 is 0. The van der Waals surface area contributed by atoms with Gasteiger partial charge in [-0.05, 0) is 17.4 Å². The molecule has 1 aliphatic heterocycles. The first-order valence-corrected chi connectivity index (χ1v) is 10.6. The molecule has 0 saturated carbocycles. The molecule has 0 N–H and O–H groups in total. The smallest absolute Gasteiger partial charge is 0.273 e. The molecule has 0 aliphatic carbocycles. The fourth-order valence-corrected chi connectivity index (χ4v) is 4.47. The first kappa shape index (κ1) is 22.0. The second kappa shape index (κ2) is 9.85. The third kappa shape index (κ3) is 5.45. The quantitative estimate of drug-likeness (QED) is 0.481. The van der Waals surface area contributed by atoms with Gasteiger partial charge in [-0.25, -0.2) is 0 Å². The average molecular weight is 410 g/mol. The van der Waals surface area contributed by atoms with Crippen LogP contribution >= 0.6 is 0 Å². The van der Waals surface area contributed by atoms with Gasteiger partial charge < -0.3 is 4.90 Å². The standard InChI is InChI=1S/C24H31N3O3/c1-18(2)13-26(19(3)28)16-22-15-25(17-23(22)20-9-5-4-6-10-20)14-21-11-7-8-12-24(21)27(29)30/h4-12,18,22-23H,13-17H2,1-3H3. The highest BCUT2D eigenvalue weighted by atomic mass is 16.6. The van der Waals surface area contributed by atoms with Crippen molar-refractivity contribution in [1.82, 2.24) is 9.80 Å². The van der Waals surface area contributed by atoms with Crippen LogP contribution in [-0.4, -0.2) is 46.8 Å². The number of rotatable bonds is 8. The van der Waals surface area contributed by atoms with E-state index in [0.717, 1.165) is 25.2 Å².